The second kappa shape index (κ2) is 6.58. The van der Waals surface area contributed by atoms with Crippen LogP contribution in [-0.2, 0) is 6.18 Å². The number of hydrogen-bond acceptors (Lipinski definition) is 5. The van der Waals surface area contributed by atoms with Gasteiger partial charge in [0.1, 0.15) is 10.3 Å². The number of rotatable bonds is 4. The Morgan fingerprint density at radius 1 is 1.08 bits per heavy atom. The van der Waals surface area contributed by atoms with E-state index >= 15 is 0 Å². The molecule has 0 saturated heterocycles. The Morgan fingerprint density at radius 3 is 2.38 bits per heavy atom. The fourth-order valence-electron chi connectivity index (χ4n) is 2.36. The van der Waals surface area contributed by atoms with Crippen molar-refractivity contribution in [1.82, 2.24) is 19.6 Å². The lowest BCUT2D eigenvalue weighted by Gasteiger charge is -2.19. The van der Waals surface area contributed by atoms with Crippen molar-refractivity contribution in [3.8, 4) is 0 Å². The topological polar surface area (TPSA) is 63.3 Å². The Hall–Kier alpha value is -2.08. The maximum absolute atomic E-state index is 13.2. The Morgan fingerprint density at radius 2 is 1.77 bits per heavy atom. The van der Waals surface area contributed by atoms with E-state index in [9.17, 15) is 26.3 Å². The molecule has 1 aromatic carbocycles. The number of benzene rings is 1. The zero-order chi connectivity index (χ0) is 19.1. The molecule has 26 heavy (non-hydrogen) atoms. The van der Waals surface area contributed by atoms with Gasteiger partial charge >= 0.3 is 12.4 Å². The van der Waals surface area contributed by atoms with Gasteiger partial charge in [-0.15, -0.1) is 10.2 Å². The zero-order valence-electron chi connectivity index (χ0n) is 12.7. The summed E-state index contributed by atoms with van der Waals surface area (Å²) in [6, 6.07) is 5.70. The summed E-state index contributed by atoms with van der Waals surface area (Å²) in [5, 5.41) is 13.0. The molecule has 140 valence electrons. The van der Waals surface area contributed by atoms with Crippen LogP contribution in [0.1, 0.15) is 12.2 Å². The summed E-state index contributed by atoms with van der Waals surface area (Å²) < 4.78 is 79.7. The third-order valence-corrected chi connectivity index (χ3v) is 4.75. The third-order valence-electron chi connectivity index (χ3n) is 3.46. The number of halogens is 6. The fraction of sp³-hybridized carbons (Fsp3) is 0.357. The predicted molar refractivity (Wildman–Crippen MR) is 80.7 cm³/mol. The normalized spacial score (nSPS) is 14.3. The summed E-state index contributed by atoms with van der Waals surface area (Å²) in [6.45, 7) is -0.735. The van der Waals surface area contributed by atoms with Crippen molar-refractivity contribution in [2.24, 2.45) is 0 Å². The van der Waals surface area contributed by atoms with E-state index in [0.29, 0.717) is 4.40 Å². The van der Waals surface area contributed by atoms with Gasteiger partial charge in [-0.25, -0.2) is 4.98 Å². The molecule has 0 aliphatic rings. The molecule has 0 bridgehead atoms. The second-order valence-electron chi connectivity index (χ2n) is 5.25. The smallest absolute Gasteiger partial charge is 0.396 e. The van der Waals surface area contributed by atoms with E-state index in [1.165, 1.54) is 24.3 Å². The van der Waals surface area contributed by atoms with Gasteiger partial charge in [-0.05, 0) is 18.6 Å². The minimum atomic E-state index is -4.85. The maximum atomic E-state index is 13.2. The van der Waals surface area contributed by atoms with Gasteiger partial charge in [0.25, 0.3) is 0 Å². The molecule has 1 atom stereocenters. The Balaban J connectivity index is 2.24. The highest BCUT2D eigenvalue weighted by Crippen LogP contribution is 2.39. The van der Waals surface area contributed by atoms with Crippen LogP contribution in [0.2, 0.25) is 0 Å². The average Bonchev–Trinajstić information content (AvgIpc) is 2.99. The number of hydrogen-bond donors (Lipinski definition) is 1. The van der Waals surface area contributed by atoms with Gasteiger partial charge in [0, 0.05) is 6.61 Å². The van der Waals surface area contributed by atoms with Gasteiger partial charge < -0.3 is 5.11 Å². The van der Waals surface area contributed by atoms with Gasteiger partial charge in [-0.1, -0.05) is 23.9 Å². The molecule has 12 heteroatoms. The lowest BCUT2D eigenvalue weighted by atomic mass is 10.3. The summed E-state index contributed by atoms with van der Waals surface area (Å²) in [5.74, 6) is -1.35. The Labute approximate surface area is 146 Å². The number of fused-ring (bicyclic) bond motifs is 3. The quantitative estimate of drug-likeness (QED) is 0.538. The van der Waals surface area contributed by atoms with Crippen LogP contribution in [0.4, 0.5) is 26.3 Å². The van der Waals surface area contributed by atoms with Gasteiger partial charge in [-0.2, -0.15) is 26.3 Å². The molecule has 0 amide bonds. The molecule has 0 spiro atoms. The number of aliphatic hydroxyl groups excluding tert-OH is 1. The first-order valence-electron chi connectivity index (χ1n) is 7.18. The van der Waals surface area contributed by atoms with Crippen molar-refractivity contribution in [3.63, 3.8) is 0 Å². The highest BCUT2D eigenvalue weighted by molar-refractivity contribution is 8.00. The van der Waals surface area contributed by atoms with E-state index in [-0.39, 0.29) is 27.8 Å². The standard InChI is InChI=1S/C14H10F6N4OS/c15-13(16,17)9(5-6-25)26-11-10-22-23-12(14(18,19)20)24(10)8-4-2-1-3-7(8)21-11/h1-4,9,25H,5-6H2. The second-order valence-corrected chi connectivity index (χ2v) is 6.44. The molecule has 0 aliphatic carbocycles. The third kappa shape index (κ3) is 3.43. The summed E-state index contributed by atoms with van der Waals surface area (Å²) in [4.78, 5) is 4.02. The molecule has 5 nitrogen and oxygen atoms in total. The summed E-state index contributed by atoms with van der Waals surface area (Å²) in [7, 11) is 0. The number of aromatic nitrogens is 4. The van der Waals surface area contributed by atoms with Crippen molar-refractivity contribution < 1.29 is 31.4 Å². The first-order valence-corrected chi connectivity index (χ1v) is 8.06. The van der Waals surface area contributed by atoms with Crippen LogP contribution < -0.4 is 0 Å². The first kappa shape index (κ1) is 18.7. The molecular formula is C14H10F6N4OS. The summed E-state index contributed by atoms with van der Waals surface area (Å²) in [5.41, 5.74) is -0.333. The molecule has 2 aromatic heterocycles. The van der Waals surface area contributed by atoms with E-state index in [1.807, 2.05) is 0 Å². The maximum Gasteiger partial charge on any atom is 0.452 e. The minimum Gasteiger partial charge on any atom is -0.396 e. The SMILES string of the molecule is OCCC(Sc1nc2ccccc2n2c(C(F)(F)F)nnc12)C(F)(F)F. The van der Waals surface area contributed by atoms with Crippen LogP contribution in [0.5, 0.6) is 0 Å². The van der Waals surface area contributed by atoms with Crippen molar-refractivity contribution >= 4 is 28.4 Å². The van der Waals surface area contributed by atoms with Crippen molar-refractivity contribution in [1.29, 1.82) is 0 Å². The monoisotopic (exact) mass is 396 g/mol. The van der Waals surface area contributed by atoms with Crippen molar-refractivity contribution in [3.05, 3.63) is 30.1 Å². The number of aliphatic hydroxyl groups is 1. The minimum absolute atomic E-state index is 0.0230. The Kier molecular flexibility index (Phi) is 4.73. The highest BCUT2D eigenvalue weighted by atomic mass is 32.2. The molecule has 1 N–H and O–H groups in total. The van der Waals surface area contributed by atoms with Crippen LogP contribution in [0.25, 0.3) is 16.7 Å². The van der Waals surface area contributed by atoms with Crippen molar-refractivity contribution in [2.45, 2.75) is 29.0 Å². The lowest BCUT2D eigenvalue weighted by Crippen LogP contribution is -2.27. The molecule has 3 aromatic rings. The van der Waals surface area contributed by atoms with E-state index in [1.54, 1.807) is 0 Å². The average molecular weight is 396 g/mol. The molecular weight excluding hydrogens is 386 g/mol. The number of nitrogens with zero attached hydrogens (tertiary/aromatic N) is 4. The van der Waals surface area contributed by atoms with Gasteiger partial charge in [-0.3, -0.25) is 4.40 Å². The molecule has 3 rings (SSSR count). The molecule has 0 radical (unpaired) electrons. The van der Waals surface area contributed by atoms with Crippen LogP contribution in [-0.4, -0.2) is 42.7 Å². The first-order chi connectivity index (χ1) is 12.1. The van der Waals surface area contributed by atoms with E-state index in [4.69, 9.17) is 5.11 Å². The van der Waals surface area contributed by atoms with E-state index < -0.39 is 42.1 Å². The summed E-state index contributed by atoms with van der Waals surface area (Å²) >= 11 is 0.202. The fourth-order valence-corrected chi connectivity index (χ4v) is 3.38. The number of para-hydroxylation sites is 2. The van der Waals surface area contributed by atoms with Gasteiger partial charge in [0.05, 0.1) is 11.0 Å². The molecule has 0 fully saturated rings. The van der Waals surface area contributed by atoms with Crippen molar-refractivity contribution in [2.75, 3.05) is 6.61 Å². The van der Waals surface area contributed by atoms with Gasteiger partial charge in [0.15, 0.2) is 5.65 Å². The van der Waals surface area contributed by atoms with Crippen LogP contribution >= 0.6 is 11.8 Å². The largest absolute Gasteiger partial charge is 0.452 e. The van der Waals surface area contributed by atoms with E-state index in [2.05, 4.69) is 15.2 Å². The van der Waals surface area contributed by atoms with Crippen LogP contribution in [0, 0.1) is 0 Å². The summed E-state index contributed by atoms with van der Waals surface area (Å²) in [6.07, 6.45) is -10.2. The van der Waals surface area contributed by atoms with E-state index in [0.717, 1.165) is 0 Å². The lowest BCUT2D eigenvalue weighted by molar-refractivity contribution is -0.145. The predicted octanol–water partition coefficient (Wildman–Crippen LogP) is 3.70. The molecule has 2 heterocycles. The van der Waals surface area contributed by atoms with Gasteiger partial charge in [0.2, 0.25) is 5.82 Å². The molecule has 1 unspecified atom stereocenters. The number of alkyl halides is 6. The van der Waals surface area contributed by atoms with Crippen LogP contribution in [0.3, 0.4) is 0 Å². The zero-order valence-corrected chi connectivity index (χ0v) is 13.5. The molecule has 0 saturated carbocycles. The van der Waals surface area contributed by atoms with Crippen LogP contribution in [0.15, 0.2) is 29.3 Å². The number of thioether (sulfide) groups is 1. The molecule has 0 aliphatic heterocycles. The highest BCUT2D eigenvalue weighted by Gasteiger charge is 2.42. The Bertz CT molecular complexity index is 939.